The molecule has 1 heterocycles. The van der Waals surface area contributed by atoms with Crippen molar-refractivity contribution in [2.75, 3.05) is 11.6 Å². The first-order valence-corrected chi connectivity index (χ1v) is 7.87. The minimum Gasteiger partial charge on any atom is -0.481 e. The SMILES string of the molecule is CCCC(CC(=O)O)Nc1ncccc1S(C)(=O)=O. The first-order valence-electron chi connectivity index (χ1n) is 5.98. The van der Waals surface area contributed by atoms with Crippen molar-refractivity contribution in [2.24, 2.45) is 0 Å². The van der Waals surface area contributed by atoms with Crippen LogP contribution in [0.25, 0.3) is 0 Å². The number of carboxylic acids is 1. The van der Waals surface area contributed by atoms with Crippen LogP contribution >= 0.6 is 0 Å². The molecule has 0 radical (unpaired) electrons. The van der Waals surface area contributed by atoms with Crippen molar-refractivity contribution >= 4 is 21.6 Å². The van der Waals surface area contributed by atoms with Crippen molar-refractivity contribution in [2.45, 2.75) is 37.1 Å². The Labute approximate surface area is 112 Å². The zero-order valence-electron chi connectivity index (χ0n) is 11.0. The first kappa shape index (κ1) is 15.4. The standard InChI is InChI=1S/C12H18N2O4S/c1-3-5-9(8-11(15)16)14-12-10(19(2,17)18)6-4-7-13-12/h4,6-7,9H,3,5,8H2,1-2H3,(H,13,14)(H,15,16). The molecule has 0 aliphatic carbocycles. The summed E-state index contributed by atoms with van der Waals surface area (Å²) in [6.45, 7) is 1.94. The third-order valence-corrected chi connectivity index (χ3v) is 3.70. The highest BCUT2D eigenvalue weighted by Crippen LogP contribution is 2.20. The van der Waals surface area contributed by atoms with E-state index in [9.17, 15) is 13.2 Å². The molecule has 1 rings (SSSR count). The van der Waals surface area contributed by atoms with Crippen LogP contribution in [0.1, 0.15) is 26.2 Å². The molecule has 2 N–H and O–H groups in total. The number of carbonyl (C=O) groups is 1. The van der Waals surface area contributed by atoms with E-state index in [1.54, 1.807) is 0 Å². The third kappa shape index (κ3) is 4.86. The summed E-state index contributed by atoms with van der Waals surface area (Å²) in [7, 11) is -3.39. The topological polar surface area (TPSA) is 96.4 Å². The lowest BCUT2D eigenvalue weighted by atomic mass is 10.1. The Morgan fingerprint density at radius 2 is 2.21 bits per heavy atom. The lowest BCUT2D eigenvalue weighted by molar-refractivity contribution is -0.137. The van der Waals surface area contributed by atoms with Crippen molar-refractivity contribution in [3.05, 3.63) is 18.3 Å². The monoisotopic (exact) mass is 286 g/mol. The summed E-state index contributed by atoms with van der Waals surface area (Å²) in [5.41, 5.74) is 0. The van der Waals surface area contributed by atoms with Gasteiger partial charge in [0.05, 0.1) is 6.42 Å². The fourth-order valence-corrected chi connectivity index (χ4v) is 2.56. The fourth-order valence-electron chi connectivity index (χ4n) is 1.78. The van der Waals surface area contributed by atoms with E-state index < -0.39 is 15.8 Å². The molecule has 1 unspecified atom stereocenters. The van der Waals surface area contributed by atoms with Crippen LogP contribution in [0.4, 0.5) is 5.82 Å². The Hall–Kier alpha value is -1.63. The van der Waals surface area contributed by atoms with Crippen LogP contribution in [-0.2, 0) is 14.6 Å². The van der Waals surface area contributed by atoms with Crippen molar-refractivity contribution < 1.29 is 18.3 Å². The Kier molecular flexibility index (Phi) is 5.29. The van der Waals surface area contributed by atoms with Gasteiger partial charge in [-0.1, -0.05) is 13.3 Å². The van der Waals surface area contributed by atoms with E-state index in [-0.39, 0.29) is 23.2 Å². The zero-order chi connectivity index (χ0) is 14.5. The average molecular weight is 286 g/mol. The average Bonchev–Trinajstić information content (AvgIpc) is 2.27. The van der Waals surface area contributed by atoms with Crippen LogP contribution in [0.2, 0.25) is 0 Å². The number of carboxylic acid groups (broad SMARTS) is 1. The van der Waals surface area contributed by atoms with Gasteiger partial charge in [0.1, 0.15) is 10.7 Å². The van der Waals surface area contributed by atoms with E-state index >= 15 is 0 Å². The maximum Gasteiger partial charge on any atom is 0.305 e. The maximum absolute atomic E-state index is 11.6. The molecule has 1 atom stereocenters. The summed E-state index contributed by atoms with van der Waals surface area (Å²) in [4.78, 5) is 14.9. The number of aromatic nitrogens is 1. The molecule has 0 amide bonds. The van der Waals surface area contributed by atoms with Crippen molar-refractivity contribution in [1.82, 2.24) is 4.98 Å². The molecule has 0 fully saturated rings. The molecule has 1 aromatic rings. The maximum atomic E-state index is 11.6. The number of nitrogens with zero attached hydrogens (tertiary/aromatic N) is 1. The molecule has 0 saturated carbocycles. The smallest absolute Gasteiger partial charge is 0.305 e. The van der Waals surface area contributed by atoms with Gasteiger partial charge < -0.3 is 10.4 Å². The number of pyridine rings is 1. The summed E-state index contributed by atoms with van der Waals surface area (Å²) in [5.74, 6) is -0.715. The first-order chi connectivity index (χ1) is 8.84. The lowest BCUT2D eigenvalue weighted by Crippen LogP contribution is -2.24. The molecule has 0 aromatic carbocycles. The number of nitrogens with one attached hydrogen (secondary N) is 1. The van der Waals surface area contributed by atoms with E-state index in [1.165, 1.54) is 18.3 Å². The summed E-state index contributed by atoms with van der Waals surface area (Å²) >= 11 is 0. The van der Waals surface area contributed by atoms with Gasteiger partial charge in [0.25, 0.3) is 0 Å². The summed E-state index contributed by atoms with van der Waals surface area (Å²) in [6.07, 6.45) is 3.92. The zero-order valence-corrected chi connectivity index (χ0v) is 11.8. The van der Waals surface area contributed by atoms with Crippen LogP contribution in [-0.4, -0.2) is 36.8 Å². The largest absolute Gasteiger partial charge is 0.481 e. The number of rotatable bonds is 7. The number of sulfone groups is 1. The van der Waals surface area contributed by atoms with Gasteiger partial charge in [0.2, 0.25) is 0 Å². The number of aliphatic carboxylic acids is 1. The second kappa shape index (κ2) is 6.51. The molecule has 0 aliphatic rings. The molecule has 0 spiro atoms. The van der Waals surface area contributed by atoms with E-state index in [0.29, 0.717) is 6.42 Å². The number of anilines is 1. The second-order valence-corrected chi connectivity index (χ2v) is 6.33. The van der Waals surface area contributed by atoms with Crippen LogP contribution in [0.3, 0.4) is 0 Å². The second-order valence-electron chi connectivity index (χ2n) is 4.35. The van der Waals surface area contributed by atoms with Gasteiger partial charge >= 0.3 is 5.97 Å². The Balaban J connectivity index is 2.99. The minimum atomic E-state index is -3.39. The molecule has 6 nitrogen and oxygen atoms in total. The van der Waals surface area contributed by atoms with Crippen LogP contribution in [0.5, 0.6) is 0 Å². The summed E-state index contributed by atoms with van der Waals surface area (Å²) in [5, 5.41) is 11.8. The molecule has 0 aliphatic heterocycles. The molecule has 7 heteroatoms. The van der Waals surface area contributed by atoms with Crippen LogP contribution < -0.4 is 5.32 Å². The van der Waals surface area contributed by atoms with Crippen LogP contribution in [0.15, 0.2) is 23.2 Å². The number of hydrogen-bond acceptors (Lipinski definition) is 5. The van der Waals surface area contributed by atoms with Crippen molar-refractivity contribution in [1.29, 1.82) is 0 Å². The molecule has 1 aromatic heterocycles. The summed E-state index contributed by atoms with van der Waals surface area (Å²) in [6, 6.07) is 2.65. The van der Waals surface area contributed by atoms with Gasteiger partial charge in [-0.05, 0) is 18.6 Å². The Bertz CT molecular complexity index is 542. The predicted molar refractivity (Wildman–Crippen MR) is 71.9 cm³/mol. The lowest BCUT2D eigenvalue weighted by Gasteiger charge is -2.18. The Morgan fingerprint density at radius 3 is 2.74 bits per heavy atom. The highest BCUT2D eigenvalue weighted by Gasteiger charge is 2.18. The van der Waals surface area contributed by atoms with E-state index in [0.717, 1.165) is 12.7 Å². The molecule has 106 valence electrons. The molecular formula is C12H18N2O4S. The van der Waals surface area contributed by atoms with Gasteiger partial charge in [-0.2, -0.15) is 0 Å². The molecule has 19 heavy (non-hydrogen) atoms. The van der Waals surface area contributed by atoms with Gasteiger partial charge in [-0.15, -0.1) is 0 Å². The fraction of sp³-hybridized carbons (Fsp3) is 0.500. The summed E-state index contributed by atoms with van der Waals surface area (Å²) < 4.78 is 23.2. The number of hydrogen-bond donors (Lipinski definition) is 2. The predicted octanol–water partition coefficient (Wildman–Crippen LogP) is 1.54. The van der Waals surface area contributed by atoms with Crippen molar-refractivity contribution in [3.8, 4) is 0 Å². The van der Waals surface area contributed by atoms with E-state index in [2.05, 4.69) is 10.3 Å². The third-order valence-electron chi connectivity index (χ3n) is 2.57. The van der Waals surface area contributed by atoms with E-state index in [1.807, 2.05) is 6.92 Å². The normalized spacial score (nSPS) is 12.9. The van der Waals surface area contributed by atoms with Gasteiger partial charge in [0, 0.05) is 18.5 Å². The quantitative estimate of drug-likeness (QED) is 0.789. The molecule has 0 bridgehead atoms. The Morgan fingerprint density at radius 1 is 1.53 bits per heavy atom. The molecule has 0 saturated heterocycles. The highest BCUT2D eigenvalue weighted by atomic mass is 32.2. The highest BCUT2D eigenvalue weighted by molar-refractivity contribution is 7.90. The minimum absolute atomic E-state index is 0.0758. The van der Waals surface area contributed by atoms with Gasteiger partial charge in [0.15, 0.2) is 9.84 Å². The van der Waals surface area contributed by atoms with Gasteiger partial charge in [-0.25, -0.2) is 13.4 Å². The van der Waals surface area contributed by atoms with Gasteiger partial charge in [-0.3, -0.25) is 4.79 Å². The van der Waals surface area contributed by atoms with Crippen LogP contribution in [0, 0.1) is 0 Å². The van der Waals surface area contributed by atoms with E-state index in [4.69, 9.17) is 5.11 Å². The van der Waals surface area contributed by atoms with Crippen molar-refractivity contribution in [3.63, 3.8) is 0 Å². The molecular weight excluding hydrogens is 268 g/mol.